The Morgan fingerprint density at radius 2 is 1.80 bits per heavy atom. The molecule has 0 aliphatic carbocycles. The first kappa shape index (κ1) is 14.3. The molecule has 0 amide bonds. The SMILES string of the molecule is CC(C)c1ccc(Oc2ccc(Cl)cc2)c([N+](=O)[O-])c1. The van der Waals surface area contributed by atoms with Crippen molar-refractivity contribution in [3.63, 3.8) is 0 Å². The summed E-state index contributed by atoms with van der Waals surface area (Å²) in [6, 6.07) is 11.7. The molecule has 0 aliphatic heterocycles. The van der Waals surface area contributed by atoms with Crippen molar-refractivity contribution in [2.24, 2.45) is 0 Å². The van der Waals surface area contributed by atoms with Gasteiger partial charge in [0.15, 0.2) is 0 Å². The van der Waals surface area contributed by atoms with Crippen LogP contribution in [-0.2, 0) is 0 Å². The summed E-state index contributed by atoms with van der Waals surface area (Å²) in [5.41, 5.74) is 0.867. The summed E-state index contributed by atoms with van der Waals surface area (Å²) in [7, 11) is 0. The number of hydrogen-bond acceptors (Lipinski definition) is 3. The van der Waals surface area contributed by atoms with Crippen molar-refractivity contribution in [1.29, 1.82) is 0 Å². The van der Waals surface area contributed by atoms with E-state index in [9.17, 15) is 10.1 Å². The second-order valence-corrected chi connectivity index (χ2v) is 5.13. The third-order valence-electron chi connectivity index (χ3n) is 2.89. The van der Waals surface area contributed by atoms with Crippen LogP contribution in [0.1, 0.15) is 25.3 Å². The van der Waals surface area contributed by atoms with Crippen LogP contribution >= 0.6 is 11.6 Å². The molecule has 20 heavy (non-hydrogen) atoms. The smallest absolute Gasteiger partial charge is 0.311 e. The predicted molar refractivity (Wildman–Crippen MR) is 78.7 cm³/mol. The topological polar surface area (TPSA) is 52.4 Å². The second-order valence-electron chi connectivity index (χ2n) is 4.69. The number of nitrogens with zero attached hydrogens (tertiary/aromatic N) is 1. The molecule has 104 valence electrons. The molecule has 0 saturated heterocycles. The molecule has 0 N–H and O–H groups in total. The predicted octanol–water partition coefficient (Wildman–Crippen LogP) is 5.16. The Morgan fingerprint density at radius 1 is 1.15 bits per heavy atom. The Hall–Kier alpha value is -2.07. The fraction of sp³-hybridized carbons (Fsp3) is 0.200. The maximum atomic E-state index is 11.1. The standard InChI is InChI=1S/C15H14ClNO3/c1-10(2)11-3-8-15(14(9-11)17(18)19)20-13-6-4-12(16)5-7-13/h3-10H,1-2H3. The van der Waals surface area contributed by atoms with E-state index in [0.29, 0.717) is 10.8 Å². The van der Waals surface area contributed by atoms with Crippen LogP contribution in [0.3, 0.4) is 0 Å². The van der Waals surface area contributed by atoms with Gasteiger partial charge in [0.1, 0.15) is 5.75 Å². The highest BCUT2D eigenvalue weighted by molar-refractivity contribution is 6.30. The van der Waals surface area contributed by atoms with Gasteiger partial charge in [0.2, 0.25) is 5.75 Å². The van der Waals surface area contributed by atoms with E-state index < -0.39 is 4.92 Å². The van der Waals surface area contributed by atoms with Crippen molar-refractivity contribution >= 4 is 17.3 Å². The number of nitro groups is 1. The largest absolute Gasteiger partial charge is 0.450 e. The van der Waals surface area contributed by atoms with Crippen molar-refractivity contribution in [3.05, 3.63) is 63.2 Å². The summed E-state index contributed by atoms with van der Waals surface area (Å²) in [4.78, 5) is 10.7. The third-order valence-corrected chi connectivity index (χ3v) is 3.14. The van der Waals surface area contributed by atoms with E-state index in [1.54, 1.807) is 36.4 Å². The van der Waals surface area contributed by atoms with Crippen molar-refractivity contribution in [3.8, 4) is 11.5 Å². The highest BCUT2D eigenvalue weighted by atomic mass is 35.5. The number of rotatable bonds is 4. The van der Waals surface area contributed by atoms with Crippen LogP contribution in [0.15, 0.2) is 42.5 Å². The Bertz CT molecular complexity index is 624. The summed E-state index contributed by atoms with van der Waals surface area (Å²) in [6.07, 6.45) is 0. The van der Waals surface area contributed by atoms with Gasteiger partial charge in [-0.1, -0.05) is 31.5 Å². The summed E-state index contributed by atoms with van der Waals surface area (Å²) >= 11 is 5.79. The maximum Gasteiger partial charge on any atom is 0.311 e. The molecule has 0 spiro atoms. The van der Waals surface area contributed by atoms with E-state index in [4.69, 9.17) is 16.3 Å². The van der Waals surface area contributed by atoms with Crippen molar-refractivity contribution in [2.75, 3.05) is 0 Å². The Kier molecular flexibility index (Phi) is 4.25. The van der Waals surface area contributed by atoms with Gasteiger partial charge in [-0.15, -0.1) is 0 Å². The molecule has 0 fully saturated rings. The van der Waals surface area contributed by atoms with Gasteiger partial charge >= 0.3 is 5.69 Å². The molecule has 0 aromatic heterocycles. The van der Waals surface area contributed by atoms with Crippen LogP contribution in [0.25, 0.3) is 0 Å². The van der Waals surface area contributed by atoms with E-state index >= 15 is 0 Å². The average Bonchev–Trinajstić information content (AvgIpc) is 2.41. The normalized spacial score (nSPS) is 10.6. The molecule has 0 saturated carbocycles. The van der Waals surface area contributed by atoms with E-state index in [2.05, 4.69) is 0 Å². The van der Waals surface area contributed by atoms with Crippen LogP contribution in [0, 0.1) is 10.1 Å². The fourth-order valence-corrected chi connectivity index (χ4v) is 1.88. The third kappa shape index (κ3) is 3.27. The van der Waals surface area contributed by atoms with E-state index in [0.717, 1.165) is 5.56 Å². The molecule has 2 aromatic carbocycles. The van der Waals surface area contributed by atoms with Gasteiger partial charge in [0.05, 0.1) is 4.92 Å². The van der Waals surface area contributed by atoms with Gasteiger partial charge in [0, 0.05) is 11.1 Å². The summed E-state index contributed by atoms with van der Waals surface area (Å²) in [6.45, 7) is 3.97. The fourth-order valence-electron chi connectivity index (χ4n) is 1.75. The molecule has 0 aliphatic rings. The second kappa shape index (κ2) is 5.92. The Labute approximate surface area is 122 Å². The summed E-state index contributed by atoms with van der Waals surface area (Å²) in [5, 5.41) is 11.7. The zero-order chi connectivity index (χ0) is 14.7. The molecule has 0 bridgehead atoms. The molecule has 0 heterocycles. The van der Waals surface area contributed by atoms with E-state index in [1.165, 1.54) is 0 Å². The van der Waals surface area contributed by atoms with Gasteiger partial charge in [0.25, 0.3) is 0 Å². The van der Waals surface area contributed by atoms with Gasteiger partial charge < -0.3 is 4.74 Å². The van der Waals surface area contributed by atoms with Crippen LogP contribution in [0.2, 0.25) is 5.02 Å². The molecule has 4 nitrogen and oxygen atoms in total. The monoisotopic (exact) mass is 291 g/mol. The van der Waals surface area contributed by atoms with Crippen molar-refractivity contribution in [2.45, 2.75) is 19.8 Å². The van der Waals surface area contributed by atoms with Gasteiger partial charge in [-0.2, -0.15) is 0 Å². The number of halogens is 1. The lowest BCUT2D eigenvalue weighted by Crippen LogP contribution is -1.96. The van der Waals surface area contributed by atoms with Crippen LogP contribution in [-0.4, -0.2) is 4.92 Å². The summed E-state index contributed by atoms with van der Waals surface area (Å²) < 4.78 is 5.56. The minimum atomic E-state index is -0.433. The maximum absolute atomic E-state index is 11.1. The van der Waals surface area contributed by atoms with Crippen LogP contribution in [0.4, 0.5) is 5.69 Å². The zero-order valence-electron chi connectivity index (χ0n) is 11.2. The lowest BCUT2D eigenvalue weighted by Gasteiger charge is -2.09. The molecule has 5 heteroatoms. The summed E-state index contributed by atoms with van der Waals surface area (Å²) in [5.74, 6) is 0.954. The number of nitro benzene ring substituents is 1. The Balaban J connectivity index is 2.35. The highest BCUT2D eigenvalue weighted by Crippen LogP contribution is 2.34. The molecule has 2 rings (SSSR count). The molecule has 0 atom stereocenters. The minimum Gasteiger partial charge on any atom is -0.450 e. The molecule has 0 unspecified atom stereocenters. The van der Waals surface area contributed by atoms with Gasteiger partial charge in [-0.3, -0.25) is 10.1 Å². The first-order valence-corrected chi connectivity index (χ1v) is 6.57. The lowest BCUT2D eigenvalue weighted by atomic mass is 10.0. The average molecular weight is 292 g/mol. The molecule has 0 radical (unpaired) electrons. The number of benzene rings is 2. The molecule has 2 aromatic rings. The minimum absolute atomic E-state index is 0.0360. The quantitative estimate of drug-likeness (QED) is 0.577. The van der Waals surface area contributed by atoms with E-state index in [1.807, 2.05) is 19.9 Å². The van der Waals surface area contributed by atoms with Gasteiger partial charge in [-0.05, 0) is 41.8 Å². The van der Waals surface area contributed by atoms with Crippen LogP contribution < -0.4 is 4.74 Å². The van der Waals surface area contributed by atoms with Crippen molar-refractivity contribution < 1.29 is 9.66 Å². The highest BCUT2D eigenvalue weighted by Gasteiger charge is 2.17. The van der Waals surface area contributed by atoms with E-state index in [-0.39, 0.29) is 17.4 Å². The molecular weight excluding hydrogens is 278 g/mol. The van der Waals surface area contributed by atoms with Gasteiger partial charge in [-0.25, -0.2) is 0 Å². The van der Waals surface area contributed by atoms with Crippen LogP contribution in [0.5, 0.6) is 11.5 Å². The number of hydrogen-bond donors (Lipinski definition) is 0. The first-order valence-electron chi connectivity index (χ1n) is 6.19. The lowest BCUT2D eigenvalue weighted by molar-refractivity contribution is -0.385. The first-order chi connectivity index (χ1) is 9.47. The molecular formula is C15H14ClNO3. The Morgan fingerprint density at radius 3 is 2.35 bits per heavy atom. The number of ether oxygens (including phenoxy) is 1. The zero-order valence-corrected chi connectivity index (χ0v) is 11.9. The van der Waals surface area contributed by atoms with Crippen molar-refractivity contribution in [1.82, 2.24) is 0 Å².